The minimum atomic E-state index is -0.0815. The molecule has 1 unspecified atom stereocenters. The summed E-state index contributed by atoms with van der Waals surface area (Å²) in [4.78, 5) is 11.1. The lowest BCUT2D eigenvalue weighted by atomic mass is 10.1. The molecule has 2 nitrogen and oxygen atoms in total. The van der Waals surface area contributed by atoms with Crippen LogP contribution in [0.2, 0.25) is 0 Å². The zero-order valence-electron chi connectivity index (χ0n) is 8.17. The largest absolute Gasteiger partial charge is 0.466 e. The molecule has 0 fully saturated rings. The van der Waals surface area contributed by atoms with Crippen molar-refractivity contribution in [2.75, 3.05) is 6.61 Å². The molecule has 1 atom stereocenters. The number of rotatable bonds is 5. The number of carbonyl (C=O) groups is 1. The summed E-state index contributed by atoms with van der Waals surface area (Å²) in [5, 5.41) is 0. The van der Waals surface area contributed by atoms with Crippen LogP contribution in [-0.2, 0) is 9.53 Å². The Morgan fingerprint density at radius 2 is 2.25 bits per heavy atom. The highest BCUT2D eigenvalue weighted by Gasteiger charge is 2.11. The first-order chi connectivity index (χ1) is 5.72. The van der Waals surface area contributed by atoms with Gasteiger partial charge in [0.25, 0.3) is 0 Å². The lowest BCUT2D eigenvalue weighted by molar-refractivity contribution is -0.147. The van der Waals surface area contributed by atoms with Gasteiger partial charge < -0.3 is 4.74 Å². The molecule has 0 saturated carbocycles. The molecule has 0 aromatic rings. The van der Waals surface area contributed by atoms with E-state index in [0.29, 0.717) is 6.61 Å². The topological polar surface area (TPSA) is 26.3 Å². The number of hydrogen-bond acceptors (Lipinski definition) is 2. The van der Waals surface area contributed by atoms with Crippen molar-refractivity contribution in [2.24, 2.45) is 5.92 Å². The Balaban J connectivity index is 3.56. The van der Waals surface area contributed by atoms with Gasteiger partial charge in [-0.15, -0.1) is 0 Å². The average molecular weight is 170 g/mol. The van der Waals surface area contributed by atoms with Gasteiger partial charge in [0.15, 0.2) is 0 Å². The highest BCUT2D eigenvalue weighted by Crippen LogP contribution is 2.07. The number of carbonyl (C=O) groups excluding carboxylic acids is 1. The quantitative estimate of drug-likeness (QED) is 0.468. The molecule has 0 aliphatic carbocycles. The first-order valence-electron chi connectivity index (χ1n) is 4.50. The van der Waals surface area contributed by atoms with E-state index >= 15 is 0 Å². The number of hydrogen-bond donors (Lipinski definition) is 0. The van der Waals surface area contributed by atoms with Crippen LogP contribution < -0.4 is 0 Å². The summed E-state index contributed by atoms with van der Waals surface area (Å²) in [5.74, 6) is -0.0526. The van der Waals surface area contributed by atoms with Crippen molar-refractivity contribution in [1.82, 2.24) is 0 Å². The number of allylic oxidation sites excluding steroid dienone is 2. The molecule has 70 valence electrons. The molecule has 0 rings (SSSR count). The van der Waals surface area contributed by atoms with E-state index in [1.165, 1.54) is 0 Å². The third-order valence-corrected chi connectivity index (χ3v) is 1.69. The van der Waals surface area contributed by atoms with Crippen molar-refractivity contribution in [2.45, 2.75) is 33.6 Å². The summed E-state index contributed by atoms with van der Waals surface area (Å²) in [6.07, 6.45) is 5.90. The molecule has 0 bridgehead atoms. The van der Waals surface area contributed by atoms with E-state index in [4.69, 9.17) is 4.74 Å². The Morgan fingerprint density at radius 1 is 1.58 bits per heavy atom. The van der Waals surface area contributed by atoms with E-state index in [9.17, 15) is 4.79 Å². The van der Waals surface area contributed by atoms with Gasteiger partial charge in [-0.05, 0) is 26.7 Å². The predicted octanol–water partition coefficient (Wildman–Crippen LogP) is 2.54. The van der Waals surface area contributed by atoms with Crippen LogP contribution in [0.25, 0.3) is 0 Å². The fourth-order valence-electron chi connectivity index (χ4n) is 0.915. The Bertz CT molecular complexity index is 150. The molecule has 2 heteroatoms. The third kappa shape index (κ3) is 4.94. The summed E-state index contributed by atoms with van der Waals surface area (Å²) in [7, 11) is 0. The minimum Gasteiger partial charge on any atom is -0.466 e. The van der Waals surface area contributed by atoms with Crippen molar-refractivity contribution < 1.29 is 9.53 Å². The van der Waals surface area contributed by atoms with E-state index in [0.717, 1.165) is 12.8 Å². The van der Waals surface area contributed by atoms with Crippen LogP contribution in [-0.4, -0.2) is 12.6 Å². The highest BCUT2D eigenvalue weighted by molar-refractivity contribution is 5.71. The summed E-state index contributed by atoms with van der Waals surface area (Å²) < 4.78 is 4.87. The van der Waals surface area contributed by atoms with Gasteiger partial charge >= 0.3 is 5.97 Å². The zero-order chi connectivity index (χ0) is 9.40. The second kappa shape index (κ2) is 6.89. The first kappa shape index (κ1) is 11.2. The van der Waals surface area contributed by atoms with Crippen LogP contribution in [0.3, 0.4) is 0 Å². The van der Waals surface area contributed by atoms with Crippen LogP contribution in [0.5, 0.6) is 0 Å². The Morgan fingerprint density at radius 3 is 2.75 bits per heavy atom. The number of esters is 1. The van der Waals surface area contributed by atoms with Gasteiger partial charge in [-0.3, -0.25) is 4.79 Å². The SMILES string of the molecule is C/C=C/CCC(C)C(=O)OCC. The molecule has 0 heterocycles. The van der Waals surface area contributed by atoms with Crippen molar-refractivity contribution in [1.29, 1.82) is 0 Å². The molecule has 0 saturated heterocycles. The van der Waals surface area contributed by atoms with E-state index in [-0.39, 0.29) is 11.9 Å². The van der Waals surface area contributed by atoms with Gasteiger partial charge in [0.05, 0.1) is 12.5 Å². The molecule has 0 radical (unpaired) electrons. The molecule has 0 aliphatic rings. The van der Waals surface area contributed by atoms with Crippen LogP contribution in [0, 0.1) is 5.92 Å². The molecule has 0 aromatic carbocycles. The molecule has 12 heavy (non-hydrogen) atoms. The van der Waals surface area contributed by atoms with Crippen molar-refractivity contribution in [3.63, 3.8) is 0 Å². The molecule has 0 spiro atoms. The Labute approximate surface area is 74.6 Å². The summed E-state index contributed by atoms with van der Waals surface area (Å²) >= 11 is 0. The molecule has 0 N–H and O–H groups in total. The first-order valence-corrected chi connectivity index (χ1v) is 4.50. The lowest BCUT2D eigenvalue weighted by Crippen LogP contribution is -2.14. The lowest BCUT2D eigenvalue weighted by Gasteiger charge is -2.07. The van der Waals surface area contributed by atoms with Crippen LogP contribution >= 0.6 is 0 Å². The molecule has 0 aliphatic heterocycles. The van der Waals surface area contributed by atoms with E-state index in [1.54, 1.807) is 0 Å². The third-order valence-electron chi connectivity index (χ3n) is 1.69. The van der Waals surface area contributed by atoms with Crippen molar-refractivity contribution >= 4 is 5.97 Å². The van der Waals surface area contributed by atoms with Gasteiger partial charge in [0, 0.05) is 0 Å². The maximum absolute atomic E-state index is 11.1. The van der Waals surface area contributed by atoms with E-state index < -0.39 is 0 Å². The highest BCUT2D eigenvalue weighted by atomic mass is 16.5. The van der Waals surface area contributed by atoms with Gasteiger partial charge in [0.1, 0.15) is 0 Å². The predicted molar refractivity (Wildman–Crippen MR) is 49.8 cm³/mol. The average Bonchev–Trinajstić information content (AvgIpc) is 2.05. The van der Waals surface area contributed by atoms with Gasteiger partial charge in [-0.2, -0.15) is 0 Å². The molecule has 0 amide bonds. The van der Waals surface area contributed by atoms with Gasteiger partial charge in [-0.1, -0.05) is 19.1 Å². The summed E-state index contributed by atoms with van der Waals surface area (Å²) in [5.41, 5.74) is 0. The Hall–Kier alpha value is -0.790. The maximum atomic E-state index is 11.1. The van der Waals surface area contributed by atoms with E-state index in [2.05, 4.69) is 6.08 Å². The second-order valence-corrected chi connectivity index (χ2v) is 2.80. The second-order valence-electron chi connectivity index (χ2n) is 2.80. The maximum Gasteiger partial charge on any atom is 0.308 e. The standard InChI is InChI=1S/C10H18O2/c1-4-6-7-8-9(3)10(11)12-5-2/h4,6,9H,5,7-8H2,1-3H3/b6-4+. The normalized spacial score (nSPS) is 13.2. The fraction of sp³-hybridized carbons (Fsp3) is 0.700. The monoisotopic (exact) mass is 170 g/mol. The van der Waals surface area contributed by atoms with Crippen LogP contribution in [0.15, 0.2) is 12.2 Å². The minimum absolute atomic E-state index is 0.0288. The van der Waals surface area contributed by atoms with Gasteiger partial charge in [0.2, 0.25) is 0 Å². The summed E-state index contributed by atoms with van der Waals surface area (Å²) in [6, 6.07) is 0. The van der Waals surface area contributed by atoms with Crippen molar-refractivity contribution in [3.05, 3.63) is 12.2 Å². The fourth-order valence-corrected chi connectivity index (χ4v) is 0.915. The molecular formula is C10H18O2. The van der Waals surface area contributed by atoms with Crippen LogP contribution in [0.4, 0.5) is 0 Å². The Kier molecular flexibility index (Phi) is 6.44. The zero-order valence-corrected chi connectivity index (χ0v) is 8.17. The summed E-state index contributed by atoms with van der Waals surface area (Å²) in [6.45, 7) is 6.19. The molecule has 0 aromatic heterocycles. The van der Waals surface area contributed by atoms with Gasteiger partial charge in [-0.25, -0.2) is 0 Å². The smallest absolute Gasteiger partial charge is 0.308 e. The van der Waals surface area contributed by atoms with Crippen molar-refractivity contribution in [3.8, 4) is 0 Å². The van der Waals surface area contributed by atoms with E-state index in [1.807, 2.05) is 26.8 Å². The van der Waals surface area contributed by atoms with Crippen LogP contribution in [0.1, 0.15) is 33.6 Å². The number of ether oxygens (including phenoxy) is 1. The molecular weight excluding hydrogens is 152 g/mol.